The number of hydrogen-bond acceptors (Lipinski definition) is 3. The highest BCUT2D eigenvalue weighted by Crippen LogP contribution is 2.32. The third kappa shape index (κ3) is 3.37. The number of benzene rings is 2. The second kappa shape index (κ2) is 6.34. The highest BCUT2D eigenvalue weighted by Gasteiger charge is 2.13. The molecule has 1 heterocycles. The Bertz CT molecular complexity index is 722. The molecule has 0 saturated heterocycles. The van der Waals surface area contributed by atoms with Gasteiger partial charge in [-0.1, -0.05) is 23.2 Å². The van der Waals surface area contributed by atoms with E-state index in [9.17, 15) is 4.79 Å². The van der Waals surface area contributed by atoms with E-state index in [1.54, 1.807) is 36.4 Å². The van der Waals surface area contributed by atoms with Crippen molar-refractivity contribution in [2.75, 3.05) is 23.8 Å². The van der Waals surface area contributed by atoms with Gasteiger partial charge in [0.15, 0.2) is 11.5 Å². The number of nitrogens with one attached hydrogen (secondary N) is 2. The van der Waals surface area contributed by atoms with Gasteiger partial charge in [-0.25, -0.2) is 4.79 Å². The number of halogens is 2. The number of carbonyl (C=O) groups is 1. The van der Waals surface area contributed by atoms with Gasteiger partial charge in [0.05, 0.1) is 10.7 Å². The van der Waals surface area contributed by atoms with Crippen LogP contribution in [0.4, 0.5) is 16.2 Å². The second-order valence-electron chi connectivity index (χ2n) is 4.56. The summed E-state index contributed by atoms with van der Waals surface area (Å²) in [7, 11) is 0. The number of urea groups is 1. The molecule has 0 fully saturated rings. The van der Waals surface area contributed by atoms with Crippen molar-refractivity contribution >= 4 is 40.6 Å². The molecule has 2 amide bonds. The van der Waals surface area contributed by atoms with Crippen LogP contribution in [-0.2, 0) is 0 Å². The summed E-state index contributed by atoms with van der Waals surface area (Å²) < 4.78 is 10.9. The summed E-state index contributed by atoms with van der Waals surface area (Å²) in [6, 6.07) is 9.59. The minimum Gasteiger partial charge on any atom is -0.486 e. The summed E-state index contributed by atoms with van der Waals surface area (Å²) in [5.74, 6) is 1.26. The van der Waals surface area contributed by atoms with Crippen LogP contribution in [0.1, 0.15) is 0 Å². The zero-order valence-electron chi connectivity index (χ0n) is 11.4. The van der Waals surface area contributed by atoms with Crippen LogP contribution in [0.3, 0.4) is 0 Å². The molecule has 0 saturated carbocycles. The fourth-order valence-electron chi connectivity index (χ4n) is 2.00. The number of hydrogen-bond donors (Lipinski definition) is 2. The number of amides is 2. The minimum absolute atomic E-state index is 0.404. The molecular weight excluding hydrogens is 327 g/mol. The fraction of sp³-hybridized carbons (Fsp3) is 0.133. The molecular formula is C15H12Cl2N2O3. The van der Waals surface area contributed by atoms with Gasteiger partial charge in [0.2, 0.25) is 0 Å². The van der Waals surface area contributed by atoms with Crippen molar-refractivity contribution in [3.05, 3.63) is 46.4 Å². The maximum Gasteiger partial charge on any atom is 0.323 e. The van der Waals surface area contributed by atoms with Gasteiger partial charge in [-0.2, -0.15) is 0 Å². The van der Waals surface area contributed by atoms with Crippen molar-refractivity contribution in [1.29, 1.82) is 0 Å². The van der Waals surface area contributed by atoms with Crippen molar-refractivity contribution in [2.24, 2.45) is 0 Å². The van der Waals surface area contributed by atoms with E-state index >= 15 is 0 Å². The Balaban J connectivity index is 1.70. The van der Waals surface area contributed by atoms with Gasteiger partial charge >= 0.3 is 6.03 Å². The lowest BCUT2D eigenvalue weighted by atomic mass is 10.2. The monoisotopic (exact) mass is 338 g/mol. The van der Waals surface area contributed by atoms with Gasteiger partial charge in [0.25, 0.3) is 0 Å². The van der Waals surface area contributed by atoms with Crippen molar-refractivity contribution in [3.63, 3.8) is 0 Å². The lowest BCUT2D eigenvalue weighted by Crippen LogP contribution is -2.20. The molecule has 3 rings (SSSR count). The number of rotatable bonds is 2. The molecule has 0 unspecified atom stereocenters. The van der Waals surface area contributed by atoms with E-state index in [4.69, 9.17) is 32.7 Å². The quantitative estimate of drug-likeness (QED) is 0.852. The van der Waals surface area contributed by atoms with Crippen LogP contribution in [0.5, 0.6) is 11.5 Å². The minimum atomic E-state index is -0.430. The summed E-state index contributed by atoms with van der Waals surface area (Å²) in [5.41, 5.74) is 1.02. The van der Waals surface area contributed by atoms with Crippen LogP contribution in [0.2, 0.25) is 10.0 Å². The van der Waals surface area contributed by atoms with E-state index in [1.165, 1.54) is 0 Å². The molecule has 0 aliphatic carbocycles. The Hall–Kier alpha value is -2.11. The first-order valence-corrected chi connectivity index (χ1v) is 7.30. The van der Waals surface area contributed by atoms with Crippen LogP contribution in [0.25, 0.3) is 0 Å². The number of ether oxygens (including phenoxy) is 2. The van der Waals surface area contributed by atoms with Gasteiger partial charge in [-0.15, -0.1) is 0 Å². The number of anilines is 2. The predicted molar refractivity (Wildman–Crippen MR) is 86.5 cm³/mol. The number of carbonyl (C=O) groups excluding carboxylic acids is 1. The van der Waals surface area contributed by atoms with Crippen molar-refractivity contribution < 1.29 is 14.3 Å². The van der Waals surface area contributed by atoms with Crippen molar-refractivity contribution in [2.45, 2.75) is 0 Å². The summed E-state index contributed by atoms with van der Waals surface area (Å²) >= 11 is 11.9. The molecule has 2 aromatic rings. The Morgan fingerprint density at radius 3 is 2.55 bits per heavy atom. The molecule has 0 spiro atoms. The first kappa shape index (κ1) is 14.8. The summed E-state index contributed by atoms with van der Waals surface area (Å²) in [6.45, 7) is 1.01. The van der Waals surface area contributed by atoms with Crippen molar-refractivity contribution in [1.82, 2.24) is 0 Å². The van der Waals surface area contributed by atoms with Crippen LogP contribution in [-0.4, -0.2) is 19.2 Å². The highest BCUT2D eigenvalue weighted by molar-refractivity contribution is 6.35. The van der Waals surface area contributed by atoms with E-state index in [-0.39, 0.29) is 0 Å². The molecule has 114 valence electrons. The molecule has 0 atom stereocenters. The number of fused-ring (bicyclic) bond motifs is 1. The largest absolute Gasteiger partial charge is 0.486 e. The average molecular weight is 339 g/mol. The van der Waals surface area contributed by atoms with Gasteiger partial charge in [0, 0.05) is 16.8 Å². The lowest BCUT2D eigenvalue weighted by Gasteiger charge is -2.19. The standard InChI is InChI=1S/C15H12Cl2N2O3/c16-9-1-3-11(17)12(7-9)19-15(20)18-10-2-4-13-14(8-10)22-6-5-21-13/h1-4,7-8H,5-6H2,(H2,18,19,20). The molecule has 0 radical (unpaired) electrons. The van der Waals surface area contributed by atoms with Crippen molar-refractivity contribution in [3.8, 4) is 11.5 Å². The Kier molecular flexibility index (Phi) is 4.27. The van der Waals surface area contributed by atoms with Crippen LogP contribution in [0, 0.1) is 0 Å². The lowest BCUT2D eigenvalue weighted by molar-refractivity contribution is 0.171. The van der Waals surface area contributed by atoms with E-state index in [1.807, 2.05) is 0 Å². The third-order valence-electron chi connectivity index (χ3n) is 2.98. The molecule has 5 nitrogen and oxygen atoms in total. The second-order valence-corrected chi connectivity index (χ2v) is 5.41. The normalized spacial score (nSPS) is 12.6. The summed E-state index contributed by atoms with van der Waals surface area (Å²) in [5, 5.41) is 6.23. The van der Waals surface area contributed by atoms with E-state index in [2.05, 4.69) is 10.6 Å². The van der Waals surface area contributed by atoms with Crippen LogP contribution >= 0.6 is 23.2 Å². The van der Waals surface area contributed by atoms with Gasteiger partial charge in [-0.3, -0.25) is 0 Å². The molecule has 22 heavy (non-hydrogen) atoms. The SMILES string of the molecule is O=C(Nc1ccc2c(c1)OCCO2)Nc1cc(Cl)ccc1Cl. The van der Waals surface area contributed by atoms with E-state index in [0.717, 1.165) is 0 Å². The van der Waals surface area contributed by atoms with E-state index < -0.39 is 6.03 Å². The summed E-state index contributed by atoms with van der Waals surface area (Å²) in [6.07, 6.45) is 0. The highest BCUT2D eigenvalue weighted by atomic mass is 35.5. The first-order valence-electron chi connectivity index (χ1n) is 6.54. The molecule has 0 bridgehead atoms. The summed E-state index contributed by atoms with van der Waals surface area (Å²) in [4.78, 5) is 12.0. The Morgan fingerprint density at radius 2 is 1.73 bits per heavy atom. The molecule has 2 aromatic carbocycles. The first-order chi connectivity index (χ1) is 10.6. The molecule has 2 N–H and O–H groups in total. The predicted octanol–water partition coefficient (Wildman–Crippen LogP) is 4.41. The van der Waals surface area contributed by atoms with Crippen LogP contribution < -0.4 is 20.1 Å². The fourth-order valence-corrected chi connectivity index (χ4v) is 2.34. The molecule has 1 aliphatic rings. The Labute approximate surface area is 137 Å². The van der Waals surface area contributed by atoms with Gasteiger partial charge < -0.3 is 20.1 Å². The average Bonchev–Trinajstić information content (AvgIpc) is 2.51. The zero-order chi connectivity index (χ0) is 15.5. The maximum atomic E-state index is 12.0. The smallest absolute Gasteiger partial charge is 0.323 e. The van der Waals surface area contributed by atoms with Crippen LogP contribution in [0.15, 0.2) is 36.4 Å². The molecule has 0 aromatic heterocycles. The van der Waals surface area contributed by atoms with E-state index in [0.29, 0.717) is 46.1 Å². The maximum absolute atomic E-state index is 12.0. The third-order valence-corrected chi connectivity index (χ3v) is 3.54. The van der Waals surface area contributed by atoms with Gasteiger partial charge in [-0.05, 0) is 30.3 Å². The molecule has 1 aliphatic heterocycles. The van der Waals surface area contributed by atoms with Gasteiger partial charge in [0.1, 0.15) is 13.2 Å². The zero-order valence-corrected chi connectivity index (χ0v) is 12.9. The Morgan fingerprint density at radius 1 is 0.955 bits per heavy atom. The molecule has 7 heteroatoms. The topological polar surface area (TPSA) is 59.6 Å².